The molecular formula is C15H20FIN2. The summed E-state index contributed by atoms with van der Waals surface area (Å²) in [6, 6.07) is 3.97. The van der Waals surface area contributed by atoms with Crippen molar-refractivity contribution in [2.45, 2.75) is 44.6 Å². The Bertz CT molecular complexity index is 475. The molecule has 1 aliphatic carbocycles. The molecule has 0 amide bonds. The average Bonchev–Trinajstić information content (AvgIpc) is 2.42. The highest BCUT2D eigenvalue weighted by Crippen LogP contribution is 2.40. The molecule has 0 aromatic heterocycles. The molecule has 19 heavy (non-hydrogen) atoms. The molecule has 3 rings (SSSR count). The fourth-order valence-corrected chi connectivity index (χ4v) is 4.22. The Morgan fingerprint density at radius 2 is 1.89 bits per heavy atom. The smallest absolute Gasteiger partial charge is 0.138 e. The van der Waals surface area contributed by atoms with Crippen molar-refractivity contribution in [2.75, 3.05) is 17.2 Å². The monoisotopic (exact) mass is 374 g/mol. The van der Waals surface area contributed by atoms with E-state index in [9.17, 15) is 4.39 Å². The van der Waals surface area contributed by atoms with Crippen LogP contribution < -0.4 is 10.6 Å². The molecule has 2 N–H and O–H groups in total. The quantitative estimate of drug-likeness (QED) is 0.591. The van der Waals surface area contributed by atoms with Gasteiger partial charge < -0.3 is 10.6 Å². The normalized spacial score (nSPS) is 27.2. The number of benzene rings is 1. The van der Waals surface area contributed by atoms with Crippen LogP contribution in [0.5, 0.6) is 0 Å². The number of piperidine rings is 1. The first-order chi connectivity index (χ1) is 9.16. The third kappa shape index (κ3) is 2.56. The van der Waals surface area contributed by atoms with Crippen LogP contribution in [0, 0.1) is 15.3 Å². The van der Waals surface area contributed by atoms with Gasteiger partial charge in [0.15, 0.2) is 0 Å². The highest BCUT2D eigenvalue weighted by Gasteiger charge is 2.34. The van der Waals surface area contributed by atoms with Gasteiger partial charge in [0.2, 0.25) is 0 Å². The summed E-state index contributed by atoms with van der Waals surface area (Å²) in [5.41, 5.74) is 7.76. The maximum Gasteiger partial charge on any atom is 0.138 e. The highest BCUT2D eigenvalue weighted by atomic mass is 127. The molecule has 0 unspecified atom stereocenters. The third-order valence-corrected chi connectivity index (χ3v) is 5.45. The van der Waals surface area contributed by atoms with Crippen molar-refractivity contribution < 1.29 is 4.39 Å². The topological polar surface area (TPSA) is 29.3 Å². The zero-order valence-electron chi connectivity index (χ0n) is 11.0. The second-order valence-corrected chi connectivity index (χ2v) is 6.93. The lowest BCUT2D eigenvalue weighted by atomic mass is 9.78. The fraction of sp³-hybridized carbons (Fsp3) is 0.600. The maximum absolute atomic E-state index is 13.8. The van der Waals surface area contributed by atoms with Gasteiger partial charge >= 0.3 is 0 Å². The Morgan fingerprint density at radius 1 is 1.16 bits per heavy atom. The van der Waals surface area contributed by atoms with Crippen LogP contribution in [0.25, 0.3) is 0 Å². The highest BCUT2D eigenvalue weighted by molar-refractivity contribution is 14.1. The molecular weight excluding hydrogens is 354 g/mol. The molecule has 2 nitrogen and oxygen atoms in total. The van der Waals surface area contributed by atoms with E-state index >= 15 is 0 Å². The van der Waals surface area contributed by atoms with Crippen molar-refractivity contribution in [2.24, 2.45) is 5.92 Å². The fourth-order valence-electron chi connectivity index (χ4n) is 3.72. The van der Waals surface area contributed by atoms with E-state index in [0.29, 0.717) is 9.61 Å². The summed E-state index contributed by atoms with van der Waals surface area (Å²) in [5, 5.41) is 0. The van der Waals surface area contributed by atoms with Crippen LogP contribution in [0.3, 0.4) is 0 Å². The average molecular weight is 374 g/mol. The summed E-state index contributed by atoms with van der Waals surface area (Å²) >= 11 is 2.00. The molecule has 4 heteroatoms. The Labute approximate surface area is 127 Å². The summed E-state index contributed by atoms with van der Waals surface area (Å²) in [7, 11) is 0. The van der Waals surface area contributed by atoms with Crippen molar-refractivity contribution in [3.8, 4) is 0 Å². The summed E-state index contributed by atoms with van der Waals surface area (Å²) < 4.78 is 14.5. The third-order valence-electron chi connectivity index (χ3n) is 4.62. The summed E-state index contributed by atoms with van der Waals surface area (Å²) in [6.45, 7) is 1.02. The number of fused-ring (bicyclic) bond motifs is 1. The molecule has 1 saturated heterocycles. The molecule has 104 valence electrons. The predicted molar refractivity (Wildman–Crippen MR) is 85.9 cm³/mol. The van der Waals surface area contributed by atoms with Gasteiger partial charge in [-0.05, 0) is 60.3 Å². The lowest BCUT2D eigenvalue weighted by Gasteiger charge is -2.45. The number of nitrogens with two attached hydrogens (primary N) is 1. The number of nitrogen functional groups attached to an aromatic ring is 1. The van der Waals surface area contributed by atoms with Crippen molar-refractivity contribution in [3.63, 3.8) is 0 Å². The van der Waals surface area contributed by atoms with E-state index < -0.39 is 0 Å². The number of hydrogen-bond donors (Lipinski definition) is 1. The van der Waals surface area contributed by atoms with E-state index in [-0.39, 0.29) is 5.82 Å². The first-order valence-electron chi connectivity index (χ1n) is 7.18. The second-order valence-electron chi connectivity index (χ2n) is 5.77. The van der Waals surface area contributed by atoms with E-state index in [1.165, 1.54) is 38.5 Å². The van der Waals surface area contributed by atoms with Gasteiger partial charge in [0, 0.05) is 18.7 Å². The molecule has 1 aromatic carbocycles. The van der Waals surface area contributed by atoms with E-state index in [1.807, 2.05) is 22.6 Å². The van der Waals surface area contributed by atoms with Crippen molar-refractivity contribution in [1.29, 1.82) is 0 Å². The number of rotatable bonds is 1. The van der Waals surface area contributed by atoms with Gasteiger partial charge in [-0.15, -0.1) is 0 Å². The van der Waals surface area contributed by atoms with Gasteiger partial charge in [-0.3, -0.25) is 0 Å². The summed E-state index contributed by atoms with van der Waals surface area (Å²) in [5.74, 6) is 0.631. The molecule has 1 aliphatic heterocycles. The first-order valence-corrected chi connectivity index (χ1v) is 8.26. The van der Waals surface area contributed by atoms with Gasteiger partial charge in [0.05, 0.1) is 14.9 Å². The molecule has 1 heterocycles. The minimum absolute atomic E-state index is 0.150. The van der Waals surface area contributed by atoms with E-state index in [1.54, 1.807) is 12.1 Å². The van der Waals surface area contributed by atoms with Crippen LogP contribution in [-0.4, -0.2) is 12.6 Å². The summed E-state index contributed by atoms with van der Waals surface area (Å²) in [4.78, 5) is 2.38. The van der Waals surface area contributed by atoms with Crippen molar-refractivity contribution >= 4 is 34.0 Å². The minimum atomic E-state index is -0.150. The molecule has 2 aliphatic rings. The largest absolute Gasteiger partial charge is 0.397 e. The van der Waals surface area contributed by atoms with Crippen LogP contribution in [0.15, 0.2) is 12.1 Å². The number of nitrogens with zero attached hydrogens (tertiary/aromatic N) is 1. The molecule has 0 radical (unpaired) electrons. The molecule has 0 spiro atoms. The zero-order chi connectivity index (χ0) is 13.4. The minimum Gasteiger partial charge on any atom is -0.397 e. The number of hydrogen-bond acceptors (Lipinski definition) is 2. The van der Waals surface area contributed by atoms with Gasteiger partial charge in [-0.1, -0.05) is 12.8 Å². The second kappa shape index (κ2) is 5.46. The van der Waals surface area contributed by atoms with Crippen LogP contribution in [-0.2, 0) is 0 Å². The van der Waals surface area contributed by atoms with Gasteiger partial charge in [-0.25, -0.2) is 4.39 Å². The predicted octanol–water partition coefficient (Wildman–Crippen LogP) is 4.17. The lowest BCUT2D eigenvalue weighted by Crippen LogP contribution is -2.47. The molecule has 2 fully saturated rings. The Morgan fingerprint density at radius 3 is 2.74 bits per heavy atom. The van der Waals surface area contributed by atoms with Crippen molar-refractivity contribution in [1.82, 2.24) is 0 Å². The Hall–Kier alpha value is -0.520. The van der Waals surface area contributed by atoms with Crippen LogP contribution in [0.4, 0.5) is 15.8 Å². The number of anilines is 2. The Kier molecular flexibility index (Phi) is 3.87. The molecule has 1 saturated carbocycles. The lowest BCUT2D eigenvalue weighted by molar-refractivity contribution is 0.244. The summed E-state index contributed by atoms with van der Waals surface area (Å²) in [6.07, 6.45) is 7.74. The standard InChI is InChI=1S/C15H20FIN2/c16-11-8-15(13(18)9-12(11)17)19-7-3-5-10-4-1-2-6-14(10)19/h8-10,14H,1-7,18H2/t10-,14-/m1/s1. The van der Waals surface area contributed by atoms with Crippen LogP contribution in [0.1, 0.15) is 38.5 Å². The zero-order valence-corrected chi connectivity index (χ0v) is 13.2. The van der Waals surface area contributed by atoms with Crippen LogP contribution >= 0.6 is 22.6 Å². The molecule has 2 atom stereocenters. The Balaban J connectivity index is 1.93. The van der Waals surface area contributed by atoms with Gasteiger partial charge in [-0.2, -0.15) is 0 Å². The SMILES string of the molecule is Nc1cc(I)c(F)cc1N1CCC[C@H]2CCCC[C@H]21. The van der Waals surface area contributed by atoms with Crippen molar-refractivity contribution in [3.05, 3.63) is 21.5 Å². The number of halogens is 2. The van der Waals surface area contributed by atoms with E-state index in [4.69, 9.17) is 5.73 Å². The van der Waals surface area contributed by atoms with Crippen LogP contribution in [0.2, 0.25) is 0 Å². The van der Waals surface area contributed by atoms with Gasteiger partial charge in [0.25, 0.3) is 0 Å². The van der Waals surface area contributed by atoms with E-state index in [2.05, 4.69) is 4.90 Å². The first kappa shape index (κ1) is 13.5. The van der Waals surface area contributed by atoms with Gasteiger partial charge in [0.1, 0.15) is 5.82 Å². The van der Waals surface area contributed by atoms with E-state index in [0.717, 1.165) is 23.8 Å². The maximum atomic E-state index is 13.8. The molecule has 1 aromatic rings. The molecule has 0 bridgehead atoms.